The van der Waals surface area contributed by atoms with E-state index in [2.05, 4.69) is 5.32 Å². The quantitative estimate of drug-likeness (QED) is 0.761. The van der Waals surface area contributed by atoms with Crippen molar-refractivity contribution in [3.8, 4) is 6.07 Å². The molecule has 0 saturated carbocycles. The first-order valence-corrected chi connectivity index (χ1v) is 11.2. The highest BCUT2D eigenvalue weighted by molar-refractivity contribution is 7.89. The molecule has 1 aliphatic rings. The molecular weight excluding hydrogens is 410 g/mol. The van der Waals surface area contributed by atoms with Gasteiger partial charge in [0.2, 0.25) is 15.9 Å². The first-order chi connectivity index (χ1) is 13.9. The lowest BCUT2D eigenvalue weighted by molar-refractivity contribution is -0.126. The fraction of sp³-hybridized carbons (Fsp3) is 0.333. The minimum absolute atomic E-state index is 0.0394. The number of hydrogen-bond acceptors (Lipinski definition) is 4. The second-order valence-corrected chi connectivity index (χ2v) is 9.36. The maximum Gasteiger partial charge on any atom is 0.243 e. The van der Waals surface area contributed by atoms with Gasteiger partial charge in [-0.3, -0.25) is 4.79 Å². The Balaban J connectivity index is 1.50. The standard InChI is InChI=1S/C21H22ClN3O3S/c22-19-3-1-2-16(14-19)8-11-24-21(26)18-9-12-25(13-10-18)29(27,28)20-6-4-17(15-23)5-7-20/h1-7,14,18H,8-13H2,(H,24,26). The summed E-state index contributed by atoms with van der Waals surface area (Å²) in [6.07, 6.45) is 1.66. The van der Waals surface area contributed by atoms with Crippen molar-refractivity contribution < 1.29 is 13.2 Å². The summed E-state index contributed by atoms with van der Waals surface area (Å²) in [6.45, 7) is 1.12. The largest absolute Gasteiger partial charge is 0.356 e. The van der Waals surface area contributed by atoms with Crippen molar-refractivity contribution >= 4 is 27.5 Å². The molecule has 0 aromatic heterocycles. The van der Waals surface area contributed by atoms with E-state index in [-0.39, 0.29) is 16.7 Å². The Labute approximate surface area is 176 Å². The van der Waals surface area contributed by atoms with Gasteiger partial charge in [-0.15, -0.1) is 0 Å². The van der Waals surface area contributed by atoms with Gasteiger partial charge in [-0.1, -0.05) is 23.7 Å². The van der Waals surface area contributed by atoms with Gasteiger partial charge < -0.3 is 5.32 Å². The molecule has 8 heteroatoms. The van der Waals surface area contributed by atoms with Crippen LogP contribution in [0.1, 0.15) is 24.0 Å². The second kappa shape index (κ2) is 9.40. The summed E-state index contributed by atoms with van der Waals surface area (Å²) in [6, 6.07) is 15.4. The summed E-state index contributed by atoms with van der Waals surface area (Å²) in [5.74, 6) is -0.232. The zero-order chi connectivity index (χ0) is 20.9. The minimum atomic E-state index is -3.61. The average molecular weight is 432 g/mol. The molecule has 1 heterocycles. The summed E-state index contributed by atoms with van der Waals surface area (Å²) in [5, 5.41) is 12.5. The molecular formula is C21H22ClN3O3S. The zero-order valence-electron chi connectivity index (χ0n) is 15.8. The number of carbonyl (C=O) groups is 1. The number of halogens is 1. The highest BCUT2D eigenvalue weighted by atomic mass is 35.5. The normalized spacial score (nSPS) is 15.6. The molecule has 1 aliphatic heterocycles. The number of nitriles is 1. The third-order valence-electron chi connectivity index (χ3n) is 5.05. The van der Waals surface area contributed by atoms with Crippen molar-refractivity contribution in [3.05, 3.63) is 64.7 Å². The molecule has 0 unspecified atom stereocenters. The smallest absolute Gasteiger partial charge is 0.243 e. The zero-order valence-corrected chi connectivity index (χ0v) is 17.4. The van der Waals surface area contributed by atoms with Crippen molar-refractivity contribution in [2.45, 2.75) is 24.2 Å². The molecule has 29 heavy (non-hydrogen) atoms. The van der Waals surface area contributed by atoms with Crippen LogP contribution in [-0.4, -0.2) is 38.3 Å². The molecule has 1 fully saturated rings. The van der Waals surface area contributed by atoms with E-state index in [1.807, 2.05) is 30.3 Å². The van der Waals surface area contributed by atoms with Crippen LogP contribution in [0.15, 0.2) is 53.4 Å². The van der Waals surface area contributed by atoms with Crippen LogP contribution in [-0.2, 0) is 21.2 Å². The summed E-state index contributed by atoms with van der Waals surface area (Å²) >= 11 is 5.96. The molecule has 0 atom stereocenters. The van der Waals surface area contributed by atoms with Gasteiger partial charge in [-0.25, -0.2) is 8.42 Å². The van der Waals surface area contributed by atoms with E-state index in [1.165, 1.54) is 28.6 Å². The number of nitrogens with zero attached hydrogens (tertiary/aromatic N) is 2. The van der Waals surface area contributed by atoms with Crippen LogP contribution in [0.5, 0.6) is 0 Å². The van der Waals surface area contributed by atoms with Gasteiger partial charge in [-0.2, -0.15) is 9.57 Å². The summed E-state index contributed by atoms with van der Waals surface area (Å²) in [5.41, 5.74) is 1.47. The lowest BCUT2D eigenvalue weighted by Crippen LogP contribution is -2.43. The molecule has 0 aliphatic carbocycles. The Morgan fingerprint density at radius 1 is 1.17 bits per heavy atom. The first-order valence-electron chi connectivity index (χ1n) is 9.42. The molecule has 3 rings (SSSR count). The molecule has 2 aromatic carbocycles. The van der Waals surface area contributed by atoms with Crippen LogP contribution >= 0.6 is 11.6 Å². The number of piperidine rings is 1. The Hall–Kier alpha value is -2.40. The Morgan fingerprint density at radius 2 is 1.86 bits per heavy atom. The third kappa shape index (κ3) is 5.36. The van der Waals surface area contributed by atoms with Gasteiger partial charge in [0.15, 0.2) is 0 Å². The molecule has 2 aromatic rings. The fourth-order valence-electron chi connectivity index (χ4n) is 3.38. The summed E-state index contributed by atoms with van der Waals surface area (Å²) < 4.78 is 26.9. The van der Waals surface area contributed by atoms with Gasteiger partial charge in [0.1, 0.15) is 0 Å². The Bertz CT molecular complexity index is 1010. The maximum atomic E-state index is 12.8. The second-order valence-electron chi connectivity index (χ2n) is 6.99. The van der Waals surface area contributed by atoms with Crippen molar-refractivity contribution in [2.75, 3.05) is 19.6 Å². The van der Waals surface area contributed by atoms with E-state index in [0.717, 1.165) is 5.56 Å². The molecule has 0 radical (unpaired) electrons. The van der Waals surface area contributed by atoms with Crippen molar-refractivity contribution in [1.82, 2.24) is 9.62 Å². The molecule has 6 nitrogen and oxygen atoms in total. The summed E-state index contributed by atoms with van der Waals surface area (Å²) in [7, 11) is -3.61. The lowest BCUT2D eigenvalue weighted by atomic mass is 9.97. The fourth-order valence-corrected chi connectivity index (χ4v) is 5.06. The van der Waals surface area contributed by atoms with Gasteiger partial charge >= 0.3 is 0 Å². The highest BCUT2D eigenvalue weighted by Gasteiger charge is 2.31. The molecule has 1 amide bonds. The van der Waals surface area contributed by atoms with Crippen molar-refractivity contribution in [1.29, 1.82) is 5.26 Å². The van der Waals surface area contributed by atoms with E-state index < -0.39 is 10.0 Å². The minimum Gasteiger partial charge on any atom is -0.356 e. The van der Waals surface area contributed by atoms with Gasteiger partial charge in [0.25, 0.3) is 0 Å². The van der Waals surface area contributed by atoms with E-state index in [4.69, 9.17) is 16.9 Å². The van der Waals surface area contributed by atoms with Gasteiger partial charge in [-0.05, 0) is 61.2 Å². The first kappa shape index (κ1) is 21.3. The van der Waals surface area contributed by atoms with Crippen molar-refractivity contribution in [2.24, 2.45) is 5.92 Å². The van der Waals surface area contributed by atoms with E-state index >= 15 is 0 Å². The van der Waals surface area contributed by atoms with E-state index in [1.54, 1.807) is 0 Å². The lowest BCUT2D eigenvalue weighted by Gasteiger charge is -2.30. The van der Waals surface area contributed by atoms with Crippen LogP contribution in [0.4, 0.5) is 0 Å². The van der Waals surface area contributed by atoms with Crippen molar-refractivity contribution in [3.63, 3.8) is 0 Å². The number of amides is 1. The average Bonchev–Trinajstić information content (AvgIpc) is 2.74. The molecule has 0 bridgehead atoms. The van der Waals surface area contributed by atoms with Crippen LogP contribution in [0.3, 0.4) is 0 Å². The monoisotopic (exact) mass is 431 g/mol. The highest BCUT2D eigenvalue weighted by Crippen LogP contribution is 2.24. The molecule has 1 N–H and O–H groups in total. The molecule has 152 valence electrons. The summed E-state index contributed by atoms with van der Waals surface area (Å²) in [4.78, 5) is 12.6. The number of benzene rings is 2. The molecule has 1 saturated heterocycles. The van der Waals surface area contributed by atoms with Crippen LogP contribution in [0.2, 0.25) is 5.02 Å². The van der Waals surface area contributed by atoms with Crippen LogP contribution < -0.4 is 5.32 Å². The molecule has 0 spiro atoms. The predicted molar refractivity (Wildman–Crippen MR) is 111 cm³/mol. The van der Waals surface area contributed by atoms with E-state index in [0.29, 0.717) is 49.5 Å². The van der Waals surface area contributed by atoms with Gasteiger partial charge in [0.05, 0.1) is 16.5 Å². The SMILES string of the molecule is N#Cc1ccc(S(=O)(=O)N2CCC(C(=O)NCCc3cccc(Cl)c3)CC2)cc1. The number of sulfonamides is 1. The number of hydrogen-bond donors (Lipinski definition) is 1. The topological polar surface area (TPSA) is 90.3 Å². The van der Waals surface area contributed by atoms with Crippen LogP contribution in [0, 0.1) is 17.2 Å². The number of nitrogens with one attached hydrogen (secondary N) is 1. The maximum absolute atomic E-state index is 12.8. The van der Waals surface area contributed by atoms with E-state index in [9.17, 15) is 13.2 Å². The Morgan fingerprint density at radius 3 is 2.48 bits per heavy atom. The van der Waals surface area contributed by atoms with Crippen LogP contribution in [0.25, 0.3) is 0 Å². The number of rotatable bonds is 6. The third-order valence-corrected chi connectivity index (χ3v) is 7.20. The Kier molecular flexibility index (Phi) is 6.91. The van der Waals surface area contributed by atoms with Gasteiger partial charge in [0, 0.05) is 30.6 Å². The number of carbonyl (C=O) groups excluding carboxylic acids is 1. The predicted octanol–water partition coefficient (Wildman–Crippen LogP) is 2.97.